The summed E-state index contributed by atoms with van der Waals surface area (Å²) in [5.74, 6) is 0. The second-order valence-corrected chi connectivity index (χ2v) is 1.77. The molecule has 0 unspecified atom stereocenters. The van der Waals surface area contributed by atoms with E-state index in [-0.39, 0.29) is 18.6 Å². The fraction of sp³-hybridized carbons (Fsp3) is 1.00. The molecule has 0 heterocycles. The number of aliphatic hydroxyl groups is 1. The van der Waals surface area contributed by atoms with E-state index in [1.54, 1.807) is 0 Å². The second-order valence-electron chi connectivity index (χ2n) is 1.77. The Kier molecular flexibility index (Phi) is 14.9. The molecule has 1 rings (SSSR count). The Bertz CT molecular complexity index is 20.1. The van der Waals surface area contributed by atoms with Crippen LogP contribution in [0.4, 0.5) is 0 Å². The van der Waals surface area contributed by atoms with Gasteiger partial charge in [-0.05, 0) is 0 Å². The van der Waals surface area contributed by atoms with E-state index in [9.17, 15) is 0 Å². The minimum Gasteiger partial charge on any atom is -0.400 e. The molecule has 0 saturated heterocycles. The molecule has 0 bridgehead atoms. The van der Waals surface area contributed by atoms with Gasteiger partial charge in [0.25, 0.3) is 0 Å². The standard InChI is InChI=1S/C5H10.CH4O.V/c1-2-4-5-3-1;1-2;/h1-5H2;2H,1H3;. The van der Waals surface area contributed by atoms with Crippen molar-refractivity contribution in [2.45, 2.75) is 32.1 Å². The summed E-state index contributed by atoms with van der Waals surface area (Å²) in [4.78, 5) is 0. The van der Waals surface area contributed by atoms with E-state index in [2.05, 4.69) is 0 Å². The maximum Gasteiger partial charge on any atom is 0.0319 e. The van der Waals surface area contributed by atoms with Gasteiger partial charge in [-0.25, -0.2) is 0 Å². The predicted molar refractivity (Wildman–Crippen MR) is 31.2 cm³/mol. The first-order valence-corrected chi connectivity index (χ1v) is 2.95. The summed E-state index contributed by atoms with van der Waals surface area (Å²) in [5.41, 5.74) is 0. The normalized spacial score (nSPS) is 15.8. The maximum absolute atomic E-state index is 7.00. The fourth-order valence-corrected chi connectivity index (χ4v) is 0.884. The van der Waals surface area contributed by atoms with E-state index in [1.807, 2.05) is 0 Å². The topological polar surface area (TPSA) is 20.2 Å². The van der Waals surface area contributed by atoms with E-state index in [4.69, 9.17) is 5.11 Å². The average Bonchev–Trinajstić information content (AvgIpc) is 2.23. The van der Waals surface area contributed by atoms with Crippen molar-refractivity contribution in [3.63, 3.8) is 0 Å². The van der Waals surface area contributed by atoms with Crippen LogP contribution in [0.2, 0.25) is 0 Å². The van der Waals surface area contributed by atoms with Crippen LogP contribution in [0.5, 0.6) is 0 Å². The summed E-state index contributed by atoms with van der Waals surface area (Å²) in [6.07, 6.45) is 7.50. The molecule has 1 aliphatic carbocycles. The van der Waals surface area contributed by atoms with Crippen molar-refractivity contribution in [1.82, 2.24) is 0 Å². The van der Waals surface area contributed by atoms with Crippen LogP contribution in [0.1, 0.15) is 32.1 Å². The Balaban J connectivity index is 0. The molecule has 1 N–H and O–H groups in total. The summed E-state index contributed by atoms with van der Waals surface area (Å²) in [5, 5.41) is 7.00. The quantitative estimate of drug-likeness (QED) is 0.559. The third-order valence-corrected chi connectivity index (χ3v) is 1.25. The van der Waals surface area contributed by atoms with Crippen molar-refractivity contribution in [2.75, 3.05) is 7.11 Å². The van der Waals surface area contributed by atoms with Gasteiger partial charge < -0.3 is 5.11 Å². The smallest absolute Gasteiger partial charge is 0.0319 e. The fourth-order valence-electron chi connectivity index (χ4n) is 0.884. The molecular formula is C6H14OV. The van der Waals surface area contributed by atoms with Gasteiger partial charge in [-0.2, -0.15) is 0 Å². The van der Waals surface area contributed by atoms with Crippen LogP contribution in [0.15, 0.2) is 0 Å². The molecule has 8 heavy (non-hydrogen) atoms. The minimum absolute atomic E-state index is 0. The average molecular weight is 153 g/mol. The van der Waals surface area contributed by atoms with Gasteiger partial charge in [-0.15, -0.1) is 0 Å². The van der Waals surface area contributed by atoms with Crippen LogP contribution < -0.4 is 0 Å². The van der Waals surface area contributed by atoms with E-state index in [0.717, 1.165) is 7.11 Å². The van der Waals surface area contributed by atoms with Crippen molar-refractivity contribution in [3.05, 3.63) is 0 Å². The first-order chi connectivity index (χ1) is 3.50. The van der Waals surface area contributed by atoms with Crippen molar-refractivity contribution in [2.24, 2.45) is 0 Å². The summed E-state index contributed by atoms with van der Waals surface area (Å²) >= 11 is 0. The first-order valence-electron chi connectivity index (χ1n) is 2.95. The van der Waals surface area contributed by atoms with Crippen molar-refractivity contribution >= 4 is 0 Å². The monoisotopic (exact) mass is 153 g/mol. The van der Waals surface area contributed by atoms with Crippen LogP contribution in [0.25, 0.3) is 0 Å². The summed E-state index contributed by atoms with van der Waals surface area (Å²) in [6.45, 7) is 0. The molecule has 0 amide bonds. The molecule has 1 nitrogen and oxygen atoms in total. The molecular weight excluding hydrogens is 139 g/mol. The van der Waals surface area contributed by atoms with Gasteiger partial charge >= 0.3 is 0 Å². The Labute approximate surface area is 63.4 Å². The van der Waals surface area contributed by atoms with Crippen molar-refractivity contribution < 1.29 is 23.7 Å². The molecule has 0 spiro atoms. The zero-order valence-electron chi connectivity index (χ0n) is 5.43. The molecule has 1 fully saturated rings. The molecule has 0 aromatic heterocycles. The zero-order chi connectivity index (χ0) is 5.54. The number of rotatable bonds is 0. The molecule has 1 saturated carbocycles. The molecule has 0 aromatic carbocycles. The van der Waals surface area contributed by atoms with Crippen LogP contribution in [0, 0.1) is 0 Å². The van der Waals surface area contributed by atoms with Gasteiger partial charge in [0.1, 0.15) is 0 Å². The minimum atomic E-state index is 0. The third kappa shape index (κ3) is 6.54. The predicted octanol–water partition coefficient (Wildman–Crippen LogP) is 1.56. The molecule has 2 heteroatoms. The molecule has 0 aliphatic heterocycles. The number of hydrogen-bond acceptors (Lipinski definition) is 1. The largest absolute Gasteiger partial charge is 0.400 e. The van der Waals surface area contributed by atoms with E-state index < -0.39 is 0 Å². The Hall–Kier alpha value is 0.544. The second kappa shape index (κ2) is 10.5. The van der Waals surface area contributed by atoms with Crippen LogP contribution in [-0.4, -0.2) is 12.2 Å². The third-order valence-electron chi connectivity index (χ3n) is 1.25. The van der Waals surface area contributed by atoms with E-state index in [1.165, 1.54) is 32.1 Å². The van der Waals surface area contributed by atoms with Gasteiger partial charge in [0.2, 0.25) is 0 Å². The van der Waals surface area contributed by atoms with Gasteiger partial charge in [0.15, 0.2) is 0 Å². The van der Waals surface area contributed by atoms with Crippen molar-refractivity contribution in [3.8, 4) is 0 Å². The first kappa shape index (κ1) is 11.4. The Morgan fingerprint density at radius 1 is 0.750 bits per heavy atom. The zero-order valence-corrected chi connectivity index (χ0v) is 6.83. The molecule has 49 valence electrons. The summed E-state index contributed by atoms with van der Waals surface area (Å²) in [7, 11) is 1.00. The van der Waals surface area contributed by atoms with E-state index >= 15 is 0 Å². The molecule has 1 radical (unpaired) electrons. The summed E-state index contributed by atoms with van der Waals surface area (Å²) in [6, 6.07) is 0. The van der Waals surface area contributed by atoms with Gasteiger partial charge in [-0.1, -0.05) is 32.1 Å². The van der Waals surface area contributed by atoms with Crippen LogP contribution in [-0.2, 0) is 18.6 Å². The Morgan fingerprint density at radius 2 is 0.875 bits per heavy atom. The SMILES string of the molecule is C1CCCC1.CO.[V]. The van der Waals surface area contributed by atoms with E-state index in [0.29, 0.717) is 0 Å². The number of aliphatic hydroxyl groups excluding tert-OH is 1. The number of hydrogen-bond donors (Lipinski definition) is 1. The molecule has 0 atom stereocenters. The van der Waals surface area contributed by atoms with Crippen molar-refractivity contribution in [1.29, 1.82) is 0 Å². The maximum atomic E-state index is 7.00. The van der Waals surface area contributed by atoms with Crippen LogP contribution in [0.3, 0.4) is 0 Å². The molecule has 0 aromatic rings. The van der Waals surface area contributed by atoms with Crippen LogP contribution >= 0.6 is 0 Å². The van der Waals surface area contributed by atoms with Gasteiger partial charge in [0, 0.05) is 25.7 Å². The van der Waals surface area contributed by atoms with Gasteiger partial charge in [0.05, 0.1) is 0 Å². The summed E-state index contributed by atoms with van der Waals surface area (Å²) < 4.78 is 0. The Morgan fingerprint density at radius 3 is 1.00 bits per heavy atom. The van der Waals surface area contributed by atoms with Gasteiger partial charge in [-0.3, -0.25) is 0 Å². The molecule has 1 aliphatic rings.